The summed E-state index contributed by atoms with van der Waals surface area (Å²) in [6.45, 7) is 3.88. The maximum atomic E-state index is 13.8. The van der Waals surface area contributed by atoms with Crippen molar-refractivity contribution in [1.29, 1.82) is 0 Å². The lowest BCUT2D eigenvalue weighted by atomic mass is 10.2. The minimum absolute atomic E-state index is 0.102. The van der Waals surface area contributed by atoms with E-state index in [-0.39, 0.29) is 11.8 Å². The number of furan rings is 1. The summed E-state index contributed by atoms with van der Waals surface area (Å²) in [4.78, 5) is 3.02. The first-order chi connectivity index (χ1) is 10.0. The van der Waals surface area contributed by atoms with Gasteiger partial charge in [0.15, 0.2) is 16.3 Å². The number of H-pyrrole nitrogens is 1. The number of nitrogens with zero attached hydrogens (tertiary/aromatic N) is 1. The number of hydrogen-bond donors (Lipinski definition) is 1. The first-order valence-corrected chi connectivity index (χ1v) is 6.96. The number of fused-ring (bicyclic) bond motifs is 1. The van der Waals surface area contributed by atoms with E-state index in [2.05, 4.69) is 4.98 Å². The maximum Gasteiger partial charge on any atom is 0.178 e. The molecule has 0 saturated carbocycles. The van der Waals surface area contributed by atoms with E-state index in [1.165, 1.54) is 13.2 Å². The fraction of sp³-hybridized carbons (Fsp3) is 0.267. The van der Waals surface area contributed by atoms with Gasteiger partial charge in [-0.3, -0.25) is 0 Å². The van der Waals surface area contributed by atoms with Gasteiger partial charge in [0.05, 0.1) is 24.2 Å². The van der Waals surface area contributed by atoms with Crippen molar-refractivity contribution in [2.45, 2.75) is 19.9 Å². The van der Waals surface area contributed by atoms with Gasteiger partial charge in [0, 0.05) is 12.1 Å². The van der Waals surface area contributed by atoms with Crippen molar-refractivity contribution in [2.75, 3.05) is 7.11 Å². The van der Waals surface area contributed by atoms with Crippen molar-refractivity contribution < 1.29 is 13.5 Å². The van der Waals surface area contributed by atoms with E-state index in [9.17, 15) is 4.39 Å². The summed E-state index contributed by atoms with van der Waals surface area (Å²) < 4.78 is 26.9. The van der Waals surface area contributed by atoms with Crippen LogP contribution in [-0.2, 0) is 0 Å². The lowest BCUT2D eigenvalue weighted by Crippen LogP contribution is -2.06. The highest BCUT2D eigenvalue weighted by atomic mass is 32.1. The topological polar surface area (TPSA) is 43.1 Å². The van der Waals surface area contributed by atoms with Crippen LogP contribution < -0.4 is 4.74 Å². The molecule has 6 heteroatoms. The molecule has 4 nitrogen and oxygen atoms in total. The first-order valence-electron chi connectivity index (χ1n) is 6.55. The molecular formula is C15H15FN2O2S. The van der Waals surface area contributed by atoms with E-state index in [0.717, 1.165) is 17.0 Å². The van der Waals surface area contributed by atoms with Crippen LogP contribution in [0.25, 0.3) is 11.0 Å². The molecule has 1 N–H and O–H groups in total. The Bertz CT molecular complexity index is 862. The third kappa shape index (κ3) is 2.25. The zero-order valence-electron chi connectivity index (χ0n) is 11.9. The molecule has 3 rings (SSSR count). The highest BCUT2D eigenvalue weighted by Gasteiger charge is 2.18. The summed E-state index contributed by atoms with van der Waals surface area (Å²) in [6.07, 6.45) is 0. The second kappa shape index (κ2) is 5.04. The monoisotopic (exact) mass is 306 g/mol. The van der Waals surface area contributed by atoms with Crippen molar-refractivity contribution in [2.24, 2.45) is 0 Å². The highest BCUT2D eigenvalue weighted by Crippen LogP contribution is 2.29. The normalized spacial score (nSPS) is 12.8. The van der Waals surface area contributed by atoms with Crippen LogP contribution in [0.5, 0.6) is 5.75 Å². The van der Waals surface area contributed by atoms with Crippen LogP contribution in [0.1, 0.15) is 24.5 Å². The number of halogens is 1. The molecule has 1 atom stereocenters. The molecule has 0 aliphatic rings. The number of imidazole rings is 1. The van der Waals surface area contributed by atoms with E-state index in [1.54, 1.807) is 6.07 Å². The quantitative estimate of drug-likeness (QED) is 0.731. The standard InChI is InChI=1S/C15H15FN2O2S/c1-8-4-5-13(20-8)9(2)18-12-7-14(19-3)10(16)6-11(12)17-15(18)21/h4-7,9H,1-3H3,(H,17,21). The Kier molecular flexibility index (Phi) is 3.33. The minimum Gasteiger partial charge on any atom is -0.494 e. The van der Waals surface area contributed by atoms with Gasteiger partial charge in [-0.15, -0.1) is 0 Å². The molecule has 0 amide bonds. The van der Waals surface area contributed by atoms with Gasteiger partial charge in [-0.05, 0) is 38.2 Å². The van der Waals surface area contributed by atoms with Crippen LogP contribution in [0.4, 0.5) is 4.39 Å². The predicted octanol–water partition coefficient (Wildman–Crippen LogP) is 4.36. The van der Waals surface area contributed by atoms with Crippen molar-refractivity contribution >= 4 is 23.3 Å². The zero-order chi connectivity index (χ0) is 15.1. The average Bonchev–Trinajstić information content (AvgIpc) is 3.00. The summed E-state index contributed by atoms with van der Waals surface area (Å²) in [5.74, 6) is 1.41. The van der Waals surface area contributed by atoms with Crippen LogP contribution in [-0.4, -0.2) is 16.7 Å². The zero-order valence-corrected chi connectivity index (χ0v) is 12.8. The van der Waals surface area contributed by atoms with Crippen LogP contribution in [0.15, 0.2) is 28.7 Å². The Labute approximate surface area is 126 Å². The number of aromatic nitrogens is 2. The number of ether oxygens (including phenoxy) is 1. The first kappa shape index (κ1) is 13.9. The predicted molar refractivity (Wildman–Crippen MR) is 80.9 cm³/mol. The molecule has 0 spiro atoms. The summed E-state index contributed by atoms with van der Waals surface area (Å²) in [5.41, 5.74) is 1.41. The smallest absolute Gasteiger partial charge is 0.178 e. The SMILES string of the molecule is COc1cc2c(cc1F)[nH]c(=S)n2C(C)c1ccc(C)o1. The molecular weight excluding hydrogens is 291 g/mol. The molecule has 0 saturated heterocycles. The number of benzene rings is 1. The van der Waals surface area contributed by atoms with Crippen molar-refractivity contribution in [3.63, 3.8) is 0 Å². The molecule has 0 fully saturated rings. The van der Waals surface area contributed by atoms with Gasteiger partial charge in [0.1, 0.15) is 11.5 Å². The molecule has 1 aromatic carbocycles. The number of hydrogen-bond acceptors (Lipinski definition) is 3. The Morgan fingerprint density at radius 1 is 1.38 bits per heavy atom. The summed E-state index contributed by atoms with van der Waals surface area (Å²) >= 11 is 5.36. The van der Waals surface area contributed by atoms with Crippen molar-refractivity contribution in [1.82, 2.24) is 9.55 Å². The average molecular weight is 306 g/mol. The minimum atomic E-state index is -0.421. The van der Waals surface area contributed by atoms with Crippen LogP contribution in [0.2, 0.25) is 0 Å². The van der Waals surface area contributed by atoms with E-state index in [0.29, 0.717) is 10.3 Å². The highest BCUT2D eigenvalue weighted by molar-refractivity contribution is 7.71. The fourth-order valence-electron chi connectivity index (χ4n) is 2.47. The molecule has 0 aliphatic carbocycles. The van der Waals surface area contributed by atoms with Crippen LogP contribution in [0.3, 0.4) is 0 Å². The molecule has 21 heavy (non-hydrogen) atoms. The van der Waals surface area contributed by atoms with Crippen molar-refractivity contribution in [3.05, 3.63) is 46.4 Å². The van der Waals surface area contributed by atoms with Crippen LogP contribution in [0, 0.1) is 17.5 Å². The van der Waals surface area contributed by atoms with Gasteiger partial charge >= 0.3 is 0 Å². The van der Waals surface area contributed by atoms with Crippen molar-refractivity contribution in [3.8, 4) is 5.75 Å². The molecule has 0 radical (unpaired) electrons. The number of methoxy groups -OCH3 is 1. The second-order valence-corrected chi connectivity index (χ2v) is 5.32. The van der Waals surface area contributed by atoms with Gasteiger partial charge in [-0.1, -0.05) is 0 Å². The molecule has 1 unspecified atom stereocenters. The Morgan fingerprint density at radius 3 is 2.76 bits per heavy atom. The molecule has 2 aromatic heterocycles. The third-order valence-electron chi connectivity index (χ3n) is 3.55. The Morgan fingerprint density at radius 2 is 2.14 bits per heavy atom. The molecule has 0 bridgehead atoms. The molecule has 110 valence electrons. The molecule has 0 aliphatic heterocycles. The molecule has 3 aromatic rings. The van der Waals surface area contributed by atoms with E-state index in [4.69, 9.17) is 21.4 Å². The lowest BCUT2D eigenvalue weighted by Gasteiger charge is -2.12. The fourth-order valence-corrected chi connectivity index (χ4v) is 2.84. The van der Waals surface area contributed by atoms with Gasteiger partial charge in [0.2, 0.25) is 0 Å². The number of nitrogens with one attached hydrogen (secondary N) is 1. The second-order valence-electron chi connectivity index (χ2n) is 4.93. The van der Waals surface area contributed by atoms with Gasteiger partial charge in [-0.25, -0.2) is 4.39 Å². The molecule has 2 heterocycles. The van der Waals surface area contributed by atoms with Crippen LogP contribution >= 0.6 is 12.2 Å². The van der Waals surface area contributed by atoms with E-state index in [1.807, 2.05) is 30.5 Å². The van der Waals surface area contributed by atoms with Gasteiger partial charge in [0.25, 0.3) is 0 Å². The summed E-state index contributed by atoms with van der Waals surface area (Å²) in [5, 5.41) is 0. The van der Waals surface area contributed by atoms with E-state index < -0.39 is 5.82 Å². The summed E-state index contributed by atoms with van der Waals surface area (Å²) in [7, 11) is 1.44. The van der Waals surface area contributed by atoms with Gasteiger partial charge < -0.3 is 18.7 Å². The largest absolute Gasteiger partial charge is 0.494 e. The third-order valence-corrected chi connectivity index (χ3v) is 3.85. The Hall–Kier alpha value is -2.08. The summed E-state index contributed by atoms with van der Waals surface area (Å²) in [6, 6.07) is 6.76. The van der Waals surface area contributed by atoms with E-state index >= 15 is 0 Å². The van der Waals surface area contributed by atoms with Gasteiger partial charge in [-0.2, -0.15) is 0 Å². The number of aromatic amines is 1. The Balaban J connectivity index is 2.22. The maximum absolute atomic E-state index is 13.8. The lowest BCUT2D eigenvalue weighted by molar-refractivity contribution is 0.387. The number of rotatable bonds is 3. The number of aryl methyl sites for hydroxylation is 1.